The Hall–Kier alpha value is -1.95. The molecule has 4 heterocycles. The summed E-state index contributed by atoms with van der Waals surface area (Å²) in [6.45, 7) is 4.75. The number of aromatic nitrogens is 3. The number of hydrogen-bond donors (Lipinski definition) is 0. The molecule has 0 saturated carbocycles. The van der Waals surface area contributed by atoms with Crippen LogP contribution in [-0.4, -0.2) is 44.8 Å². The van der Waals surface area contributed by atoms with Gasteiger partial charge in [0.05, 0.1) is 5.69 Å². The fourth-order valence-corrected chi connectivity index (χ4v) is 3.71. The van der Waals surface area contributed by atoms with E-state index in [1.807, 2.05) is 11.7 Å². The SMILES string of the molecule is Cc1cc(CN2CC3CC2CN3c2ncccc2F)nn1C. The van der Waals surface area contributed by atoms with Gasteiger partial charge in [0.15, 0.2) is 11.6 Å². The van der Waals surface area contributed by atoms with Crippen molar-refractivity contribution in [3.05, 3.63) is 41.6 Å². The second kappa shape index (κ2) is 5.05. The molecule has 2 saturated heterocycles. The first-order valence-electron chi connectivity index (χ1n) is 7.72. The van der Waals surface area contributed by atoms with E-state index in [0.29, 0.717) is 17.9 Å². The number of rotatable bonds is 3. The van der Waals surface area contributed by atoms with Gasteiger partial charge in [-0.05, 0) is 31.5 Å². The Labute approximate surface area is 129 Å². The third-order valence-corrected chi connectivity index (χ3v) is 4.89. The Morgan fingerprint density at radius 1 is 1.32 bits per heavy atom. The molecule has 4 rings (SSSR count). The van der Waals surface area contributed by atoms with Crippen LogP contribution in [0.3, 0.4) is 0 Å². The fourth-order valence-electron chi connectivity index (χ4n) is 3.71. The van der Waals surface area contributed by atoms with E-state index in [2.05, 4.69) is 32.9 Å². The van der Waals surface area contributed by atoms with Gasteiger partial charge in [-0.2, -0.15) is 5.10 Å². The number of pyridine rings is 1. The topological polar surface area (TPSA) is 37.2 Å². The molecule has 2 aromatic heterocycles. The van der Waals surface area contributed by atoms with Crippen LogP contribution in [0.1, 0.15) is 17.8 Å². The summed E-state index contributed by atoms with van der Waals surface area (Å²) in [7, 11) is 1.97. The number of halogens is 1. The van der Waals surface area contributed by atoms with Crippen LogP contribution in [0, 0.1) is 12.7 Å². The predicted octanol–water partition coefficient (Wildman–Crippen LogP) is 1.73. The third kappa shape index (κ3) is 2.18. The summed E-state index contributed by atoms with van der Waals surface area (Å²) in [4.78, 5) is 8.81. The smallest absolute Gasteiger partial charge is 0.165 e. The number of fused-ring (bicyclic) bond motifs is 2. The van der Waals surface area contributed by atoms with E-state index in [1.54, 1.807) is 12.3 Å². The maximum atomic E-state index is 13.9. The lowest BCUT2D eigenvalue weighted by Crippen LogP contribution is -2.46. The molecule has 2 aromatic rings. The van der Waals surface area contributed by atoms with Gasteiger partial charge >= 0.3 is 0 Å². The van der Waals surface area contributed by atoms with E-state index in [1.165, 1.54) is 11.8 Å². The molecule has 0 N–H and O–H groups in total. The van der Waals surface area contributed by atoms with Gasteiger partial charge in [0.2, 0.25) is 0 Å². The van der Waals surface area contributed by atoms with Crippen LogP contribution in [0.25, 0.3) is 0 Å². The Balaban J connectivity index is 1.47. The van der Waals surface area contributed by atoms with Crippen LogP contribution in [0.15, 0.2) is 24.4 Å². The van der Waals surface area contributed by atoms with E-state index in [4.69, 9.17) is 0 Å². The number of likely N-dealkylation sites (tertiary alicyclic amines) is 1. The highest BCUT2D eigenvalue weighted by Gasteiger charge is 2.44. The highest BCUT2D eigenvalue weighted by Crippen LogP contribution is 2.35. The molecule has 0 aromatic carbocycles. The van der Waals surface area contributed by atoms with Gasteiger partial charge in [0.25, 0.3) is 0 Å². The van der Waals surface area contributed by atoms with Crippen molar-refractivity contribution >= 4 is 5.82 Å². The zero-order chi connectivity index (χ0) is 15.3. The predicted molar refractivity (Wildman–Crippen MR) is 82.1 cm³/mol. The molecule has 2 fully saturated rings. The minimum Gasteiger partial charge on any atom is -0.348 e. The lowest BCUT2D eigenvalue weighted by Gasteiger charge is -2.34. The molecule has 2 unspecified atom stereocenters. The van der Waals surface area contributed by atoms with Crippen LogP contribution in [0.4, 0.5) is 10.2 Å². The summed E-state index contributed by atoms with van der Waals surface area (Å²) in [5.41, 5.74) is 2.29. The minimum atomic E-state index is -0.220. The highest BCUT2D eigenvalue weighted by atomic mass is 19.1. The van der Waals surface area contributed by atoms with Gasteiger partial charge in [-0.3, -0.25) is 9.58 Å². The molecule has 6 heteroatoms. The van der Waals surface area contributed by atoms with E-state index >= 15 is 0 Å². The van der Waals surface area contributed by atoms with Crippen molar-refractivity contribution < 1.29 is 4.39 Å². The van der Waals surface area contributed by atoms with Gasteiger partial charge in [-0.1, -0.05) is 0 Å². The van der Waals surface area contributed by atoms with E-state index < -0.39 is 0 Å². The Bertz CT molecular complexity index is 678. The molecule has 0 radical (unpaired) electrons. The van der Waals surface area contributed by atoms with Gasteiger partial charge in [-0.25, -0.2) is 9.37 Å². The summed E-state index contributed by atoms with van der Waals surface area (Å²) in [5.74, 6) is 0.283. The van der Waals surface area contributed by atoms with Crippen LogP contribution < -0.4 is 4.90 Å². The zero-order valence-electron chi connectivity index (χ0n) is 12.9. The molecular weight excluding hydrogens is 281 g/mol. The first kappa shape index (κ1) is 13.7. The van der Waals surface area contributed by atoms with Crippen LogP contribution in [0.2, 0.25) is 0 Å². The first-order chi connectivity index (χ1) is 10.6. The number of piperazine rings is 1. The average molecular weight is 301 g/mol. The van der Waals surface area contributed by atoms with Crippen molar-refractivity contribution in [3.63, 3.8) is 0 Å². The lowest BCUT2D eigenvalue weighted by atomic mass is 10.2. The maximum Gasteiger partial charge on any atom is 0.165 e. The molecule has 2 atom stereocenters. The van der Waals surface area contributed by atoms with E-state index in [-0.39, 0.29) is 5.82 Å². The van der Waals surface area contributed by atoms with Crippen molar-refractivity contribution in [2.75, 3.05) is 18.0 Å². The number of nitrogens with zero attached hydrogens (tertiary/aromatic N) is 5. The molecule has 116 valence electrons. The molecule has 2 aliphatic rings. The fraction of sp³-hybridized carbons (Fsp3) is 0.500. The standard InChI is InChI=1S/C16H20FN5/c1-11-6-12(19-20(11)2)8-21-9-14-7-13(21)10-22(14)16-15(17)4-3-5-18-16/h3-6,13-14H,7-10H2,1-2H3. The molecule has 5 nitrogen and oxygen atoms in total. The number of anilines is 1. The molecule has 0 spiro atoms. The van der Waals surface area contributed by atoms with Crippen molar-refractivity contribution in [1.82, 2.24) is 19.7 Å². The summed E-state index contributed by atoms with van der Waals surface area (Å²) in [6, 6.07) is 6.10. The maximum absolute atomic E-state index is 13.9. The number of hydrogen-bond acceptors (Lipinski definition) is 4. The summed E-state index contributed by atoms with van der Waals surface area (Å²) < 4.78 is 15.8. The Morgan fingerprint density at radius 3 is 2.82 bits per heavy atom. The zero-order valence-corrected chi connectivity index (χ0v) is 12.9. The number of aryl methyl sites for hydroxylation is 2. The lowest BCUT2D eigenvalue weighted by molar-refractivity contribution is 0.226. The van der Waals surface area contributed by atoms with Crippen molar-refractivity contribution in [1.29, 1.82) is 0 Å². The van der Waals surface area contributed by atoms with Crippen LogP contribution in [-0.2, 0) is 13.6 Å². The monoisotopic (exact) mass is 301 g/mol. The van der Waals surface area contributed by atoms with Gasteiger partial charge in [0.1, 0.15) is 0 Å². The van der Waals surface area contributed by atoms with Crippen LogP contribution >= 0.6 is 0 Å². The minimum absolute atomic E-state index is 0.220. The van der Waals surface area contributed by atoms with Crippen molar-refractivity contribution in [2.24, 2.45) is 7.05 Å². The van der Waals surface area contributed by atoms with E-state index in [9.17, 15) is 4.39 Å². The second-order valence-corrected chi connectivity index (χ2v) is 6.33. The molecule has 0 amide bonds. The van der Waals surface area contributed by atoms with E-state index in [0.717, 1.165) is 31.7 Å². The van der Waals surface area contributed by atoms with Gasteiger partial charge in [0, 0.05) is 50.7 Å². The van der Waals surface area contributed by atoms with Crippen LogP contribution in [0.5, 0.6) is 0 Å². The first-order valence-corrected chi connectivity index (χ1v) is 7.72. The van der Waals surface area contributed by atoms with Gasteiger partial charge < -0.3 is 4.90 Å². The molecule has 2 bridgehead atoms. The molecule has 2 aliphatic heterocycles. The molecule has 22 heavy (non-hydrogen) atoms. The van der Waals surface area contributed by atoms with Crippen molar-refractivity contribution in [2.45, 2.75) is 32.0 Å². The summed E-state index contributed by atoms with van der Waals surface area (Å²) in [5, 5.41) is 4.54. The highest BCUT2D eigenvalue weighted by molar-refractivity contribution is 5.44. The Morgan fingerprint density at radius 2 is 2.18 bits per heavy atom. The quantitative estimate of drug-likeness (QED) is 0.865. The normalized spacial score (nSPS) is 24.4. The third-order valence-electron chi connectivity index (χ3n) is 4.89. The summed E-state index contributed by atoms with van der Waals surface area (Å²) in [6.07, 6.45) is 2.75. The van der Waals surface area contributed by atoms with Crippen molar-refractivity contribution in [3.8, 4) is 0 Å². The van der Waals surface area contributed by atoms with Gasteiger partial charge in [-0.15, -0.1) is 0 Å². The molecular formula is C16H20FN5. The molecule has 0 aliphatic carbocycles. The second-order valence-electron chi connectivity index (χ2n) is 6.33. The Kier molecular flexibility index (Phi) is 3.14. The largest absolute Gasteiger partial charge is 0.348 e. The summed E-state index contributed by atoms with van der Waals surface area (Å²) >= 11 is 0. The average Bonchev–Trinajstić information content (AvgIpc) is 3.15.